The fraction of sp³-hybridized carbons (Fsp3) is 0.912. The van der Waals surface area contributed by atoms with Crippen LogP contribution in [-0.4, -0.2) is 55.5 Å². The van der Waals surface area contributed by atoms with Gasteiger partial charge in [-0.1, -0.05) is 142 Å². The van der Waals surface area contributed by atoms with Gasteiger partial charge in [-0.2, -0.15) is 13.2 Å². The van der Waals surface area contributed by atoms with Gasteiger partial charge in [-0.3, -0.25) is 9.59 Å². The highest BCUT2D eigenvalue weighted by Gasteiger charge is 2.38. The first kappa shape index (κ1) is 44.3. The highest BCUT2D eigenvalue weighted by Crippen LogP contribution is 2.14. The van der Waals surface area contributed by atoms with Crippen LogP contribution in [0.5, 0.6) is 0 Å². The third-order valence-electron chi connectivity index (χ3n) is 7.30. The van der Waals surface area contributed by atoms with Crippen molar-refractivity contribution >= 4 is 17.9 Å². The van der Waals surface area contributed by atoms with Crippen molar-refractivity contribution in [2.24, 2.45) is 0 Å². The maximum Gasteiger partial charge on any atom is 0.490 e. The van der Waals surface area contributed by atoms with E-state index in [2.05, 4.69) is 19.2 Å². The minimum Gasteiger partial charge on any atom is -0.475 e. The van der Waals surface area contributed by atoms with Crippen molar-refractivity contribution in [1.29, 1.82) is 0 Å². The molecule has 0 saturated carbocycles. The Morgan fingerprint density at radius 2 is 0.773 bits per heavy atom. The Morgan fingerprint density at radius 1 is 0.523 bits per heavy atom. The van der Waals surface area contributed by atoms with Crippen molar-refractivity contribution in [2.75, 3.05) is 26.3 Å². The molecular formula is C34H64F3NO6. The van der Waals surface area contributed by atoms with Crippen LogP contribution < -0.4 is 5.32 Å². The molecule has 0 spiro atoms. The first-order valence-corrected chi connectivity index (χ1v) is 17.5. The van der Waals surface area contributed by atoms with Crippen LogP contribution in [0.1, 0.15) is 168 Å². The zero-order valence-corrected chi connectivity index (χ0v) is 27.9. The number of rotatable bonds is 30. The summed E-state index contributed by atoms with van der Waals surface area (Å²) in [5.74, 6) is -2.96. The van der Waals surface area contributed by atoms with Crippen molar-refractivity contribution in [3.63, 3.8) is 0 Å². The molecule has 0 bridgehead atoms. The molecule has 0 fully saturated rings. The molecule has 0 saturated heterocycles. The van der Waals surface area contributed by atoms with E-state index >= 15 is 0 Å². The SMILES string of the molecule is CCCCCCCCCCCCCC(=O)OCCNCCOC(=O)CCCCCCCCCCCCC.O=C(O)C(F)(F)F. The van der Waals surface area contributed by atoms with Crippen LogP contribution >= 0.6 is 0 Å². The first-order chi connectivity index (χ1) is 21.1. The summed E-state index contributed by atoms with van der Waals surface area (Å²) in [5.41, 5.74) is 0. The summed E-state index contributed by atoms with van der Waals surface area (Å²) in [6.07, 6.45) is 24.1. The van der Waals surface area contributed by atoms with Crippen LogP contribution in [0.15, 0.2) is 0 Å². The third kappa shape index (κ3) is 38.2. The Hall–Kier alpha value is -1.84. The van der Waals surface area contributed by atoms with E-state index in [0.29, 0.717) is 39.1 Å². The lowest BCUT2D eigenvalue weighted by Gasteiger charge is -2.08. The largest absolute Gasteiger partial charge is 0.490 e. The second-order valence-electron chi connectivity index (χ2n) is 11.6. The Labute approximate surface area is 265 Å². The highest BCUT2D eigenvalue weighted by molar-refractivity contribution is 5.73. The van der Waals surface area contributed by atoms with Crippen LogP contribution in [0.25, 0.3) is 0 Å². The summed E-state index contributed by atoms with van der Waals surface area (Å²) in [5, 5.41) is 10.3. The predicted octanol–water partition coefficient (Wildman–Crippen LogP) is 9.70. The van der Waals surface area contributed by atoms with Crippen molar-refractivity contribution in [3.05, 3.63) is 0 Å². The summed E-state index contributed by atoms with van der Waals surface area (Å²) in [6.45, 7) is 6.47. The Morgan fingerprint density at radius 3 is 1.02 bits per heavy atom. The fourth-order valence-electron chi connectivity index (χ4n) is 4.61. The lowest BCUT2D eigenvalue weighted by atomic mass is 10.1. The molecule has 0 atom stereocenters. The molecule has 0 aliphatic heterocycles. The summed E-state index contributed by atoms with van der Waals surface area (Å²) in [7, 11) is 0. The molecule has 0 rings (SSSR count). The second kappa shape index (κ2) is 34.0. The monoisotopic (exact) mass is 639 g/mol. The number of nitrogens with one attached hydrogen (secondary N) is 1. The number of carbonyl (C=O) groups excluding carboxylic acids is 2. The number of hydrogen-bond acceptors (Lipinski definition) is 6. The number of alkyl halides is 3. The highest BCUT2D eigenvalue weighted by atomic mass is 19.4. The van der Waals surface area contributed by atoms with Gasteiger partial charge in [0.05, 0.1) is 0 Å². The molecule has 7 nitrogen and oxygen atoms in total. The fourth-order valence-corrected chi connectivity index (χ4v) is 4.61. The van der Waals surface area contributed by atoms with E-state index in [-0.39, 0.29) is 11.9 Å². The van der Waals surface area contributed by atoms with Gasteiger partial charge >= 0.3 is 24.1 Å². The standard InChI is InChI=1S/C32H63NO4.C2HF3O2/c1-3-5-7-9-11-13-15-17-19-21-23-25-31(34)36-29-27-33-28-30-37-32(35)26-24-22-20-18-16-14-12-10-8-6-4-2;3-2(4,5)1(6)7/h33H,3-30H2,1-2H3;(H,6,7). The Kier molecular flexibility index (Phi) is 34.3. The van der Waals surface area contributed by atoms with Gasteiger partial charge in [0.15, 0.2) is 0 Å². The molecule has 0 amide bonds. The third-order valence-corrected chi connectivity index (χ3v) is 7.30. The van der Waals surface area contributed by atoms with Crippen LogP contribution in [0.2, 0.25) is 0 Å². The minimum absolute atomic E-state index is 0.101. The van der Waals surface area contributed by atoms with Gasteiger partial charge in [0.25, 0.3) is 0 Å². The van der Waals surface area contributed by atoms with Gasteiger partial charge < -0.3 is 19.9 Å². The molecule has 0 aromatic carbocycles. The van der Waals surface area contributed by atoms with E-state index in [4.69, 9.17) is 19.4 Å². The zero-order chi connectivity index (χ0) is 33.2. The van der Waals surface area contributed by atoms with E-state index in [1.165, 1.54) is 116 Å². The average molecular weight is 640 g/mol. The van der Waals surface area contributed by atoms with E-state index in [9.17, 15) is 22.8 Å². The Bertz CT molecular complexity index is 619. The number of carbonyl (C=O) groups is 3. The van der Waals surface area contributed by atoms with Crippen LogP contribution in [-0.2, 0) is 23.9 Å². The maximum atomic E-state index is 11.8. The summed E-state index contributed by atoms with van der Waals surface area (Å²) < 4.78 is 42.3. The normalized spacial score (nSPS) is 11.1. The average Bonchev–Trinajstić information content (AvgIpc) is 2.98. The minimum atomic E-state index is -5.08. The van der Waals surface area contributed by atoms with Crippen LogP contribution in [0, 0.1) is 0 Å². The molecule has 44 heavy (non-hydrogen) atoms. The number of aliphatic carboxylic acids is 1. The molecular weight excluding hydrogens is 575 g/mol. The number of hydrogen-bond donors (Lipinski definition) is 2. The molecule has 0 aliphatic rings. The molecule has 0 aromatic heterocycles. The first-order valence-electron chi connectivity index (χ1n) is 17.5. The van der Waals surface area contributed by atoms with E-state index in [0.717, 1.165) is 25.7 Å². The molecule has 0 heterocycles. The lowest BCUT2D eigenvalue weighted by Crippen LogP contribution is -2.26. The van der Waals surface area contributed by atoms with Crippen LogP contribution in [0.4, 0.5) is 13.2 Å². The summed E-state index contributed by atoms with van der Waals surface area (Å²) >= 11 is 0. The van der Waals surface area contributed by atoms with Gasteiger partial charge in [-0.25, -0.2) is 4.79 Å². The summed E-state index contributed by atoms with van der Waals surface area (Å²) in [6, 6.07) is 0. The molecule has 2 N–H and O–H groups in total. The number of ether oxygens (including phenoxy) is 2. The number of carboxylic acids is 1. The quantitative estimate of drug-likeness (QED) is 0.0596. The number of unbranched alkanes of at least 4 members (excludes halogenated alkanes) is 20. The Balaban J connectivity index is 0. The van der Waals surface area contributed by atoms with Gasteiger partial charge in [-0.05, 0) is 12.8 Å². The topological polar surface area (TPSA) is 102 Å². The number of halogens is 3. The van der Waals surface area contributed by atoms with E-state index < -0.39 is 12.1 Å². The molecule has 10 heteroatoms. The molecule has 0 unspecified atom stereocenters. The van der Waals surface area contributed by atoms with Crippen molar-refractivity contribution in [3.8, 4) is 0 Å². The van der Waals surface area contributed by atoms with Gasteiger partial charge in [0.2, 0.25) is 0 Å². The molecule has 262 valence electrons. The summed E-state index contributed by atoms with van der Waals surface area (Å²) in [4.78, 5) is 32.5. The smallest absolute Gasteiger partial charge is 0.475 e. The van der Waals surface area contributed by atoms with Gasteiger partial charge in [-0.15, -0.1) is 0 Å². The molecule has 0 aliphatic carbocycles. The van der Waals surface area contributed by atoms with Crippen molar-refractivity contribution in [2.45, 2.75) is 174 Å². The lowest BCUT2D eigenvalue weighted by molar-refractivity contribution is -0.192. The maximum absolute atomic E-state index is 11.8. The molecule has 0 radical (unpaired) electrons. The number of esters is 2. The van der Waals surface area contributed by atoms with Crippen LogP contribution in [0.3, 0.4) is 0 Å². The van der Waals surface area contributed by atoms with E-state index in [1.807, 2.05) is 0 Å². The van der Waals surface area contributed by atoms with Gasteiger partial charge in [0.1, 0.15) is 13.2 Å². The predicted molar refractivity (Wildman–Crippen MR) is 171 cm³/mol. The van der Waals surface area contributed by atoms with Gasteiger partial charge in [0, 0.05) is 25.9 Å². The second-order valence-corrected chi connectivity index (χ2v) is 11.6. The zero-order valence-electron chi connectivity index (χ0n) is 27.9. The van der Waals surface area contributed by atoms with E-state index in [1.54, 1.807) is 0 Å². The molecule has 0 aromatic rings. The van der Waals surface area contributed by atoms with Crippen molar-refractivity contribution < 1.29 is 42.1 Å². The van der Waals surface area contributed by atoms with Crippen molar-refractivity contribution in [1.82, 2.24) is 5.32 Å². The number of carboxylic acid groups (broad SMARTS) is 1.